The molecule has 0 fully saturated rings. The van der Waals surface area contributed by atoms with Crippen molar-refractivity contribution in [1.29, 1.82) is 0 Å². The summed E-state index contributed by atoms with van der Waals surface area (Å²) in [7, 11) is 1.36. The molecule has 3 N–H and O–H groups in total. The number of anilines is 3. The first-order valence-electron chi connectivity index (χ1n) is 5.91. The topological polar surface area (TPSA) is 64.3 Å². The number of methoxy groups -OCH3 is 1. The fourth-order valence-corrected chi connectivity index (χ4v) is 1.76. The van der Waals surface area contributed by atoms with E-state index in [4.69, 9.17) is 5.73 Å². The molecule has 4 heteroatoms. The number of esters is 1. The highest BCUT2D eigenvalue weighted by Crippen LogP contribution is 2.24. The molecule has 2 aromatic carbocycles. The van der Waals surface area contributed by atoms with Crippen LogP contribution in [0.3, 0.4) is 0 Å². The van der Waals surface area contributed by atoms with Gasteiger partial charge in [-0.2, -0.15) is 0 Å². The van der Waals surface area contributed by atoms with Gasteiger partial charge in [-0.1, -0.05) is 6.07 Å². The summed E-state index contributed by atoms with van der Waals surface area (Å²) in [6, 6.07) is 12.9. The molecule has 0 saturated carbocycles. The average molecular weight is 256 g/mol. The summed E-state index contributed by atoms with van der Waals surface area (Å²) in [6.07, 6.45) is 0. The minimum absolute atomic E-state index is 0.346. The Morgan fingerprint density at radius 1 is 1.16 bits per heavy atom. The fourth-order valence-electron chi connectivity index (χ4n) is 1.76. The fraction of sp³-hybridized carbons (Fsp3) is 0.133. The van der Waals surface area contributed by atoms with Gasteiger partial charge in [0.1, 0.15) is 0 Å². The van der Waals surface area contributed by atoms with Crippen LogP contribution in [0.1, 0.15) is 15.9 Å². The Balaban J connectivity index is 2.17. The van der Waals surface area contributed by atoms with E-state index < -0.39 is 0 Å². The van der Waals surface area contributed by atoms with Crippen LogP contribution in [0, 0.1) is 6.92 Å². The van der Waals surface area contributed by atoms with Gasteiger partial charge in [0, 0.05) is 5.69 Å². The summed E-state index contributed by atoms with van der Waals surface area (Å²) >= 11 is 0. The normalized spacial score (nSPS) is 10.0. The molecule has 0 bridgehead atoms. The number of nitrogens with two attached hydrogens (primary N) is 1. The maximum absolute atomic E-state index is 11.3. The van der Waals surface area contributed by atoms with Gasteiger partial charge in [-0.05, 0) is 48.9 Å². The van der Waals surface area contributed by atoms with Crippen molar-refractivity contribution in [2.24, 2.45) is 0 Å². The maximum Gasteiger partial charge on any atom is 0.337 e. The van der Waals surface area contributed by atoms with E-state index in [9.17, 15) is 4.79 Å². The predicted octanol–water partition coefficient (Wildman–Crippen LogP) is 3.11. The molecule has 19 heavy (non-hydrogen) atoms. The van der Waals surface area contributed by atoms with E-state index in [0.29, 0.717) is 11.3 Å². The van der Waals surface area contributed by atoms with Crippen LogP contribution in [0.15, 0.2) is 42.5 Å². The summed E-state index contributed by atoms with van der Waals surface area (Å²) in [5.41, 5.74) is 9.97. The van der Waals surface area contributed by atoms with Crippen molar-refractivity contribution >= 4 is 23.0 Å². The van der Waals surface area contributed by atoms with Gasteiger partial charge in [0.2, 0.25) is 0 Å². The first-order chi connectivity index (χ1) is 9.10. The van der Waals surface area contributed by atoms with E-state index >= 15 is 0 Å². The number of carbonyl (C=O) groups excluding carboxylic acids is 1. The van der Waals surface area contributed by atoms with Crippen molar-refractivity contribution in [1.82, 2.24) is 0 Å². The molecule has 0 amide bonds. The van der Waals surface area contributed by atoms with Crippen LogP contribution in [-0.4, -0.2) is 13.1 Å². The third kappa shape index (κ3) is 3.04. The molecule has 0 aliphatic rings. The lowest BCUT2D eigenvalue weighted by atomic mass is 10.1. The van der Waals surface area contributed by atoms with Crippen molar-refractivity contribution in [3.63, 3.8) is 0 Å². The van der Waals surface area contributed by atoms with Crippen molar-refractivity contribution < 1.29 is 9.53 Å². The van der Waals surface area contributed by atoms with Crippen LogP contribution in [0.5, 0.6) is 0 Å². The lowest BCUT2D eigenvalue weighted by Gasteiger charge is -2.10. The summed E-state index contributed by atoms with van der Waals surface area (Å²) < 4.78 is 4.65. The molecule has 0 spiro atoms. The van der Waals surface area contributed by atoms with Crippen LogP contribution in [0.2, 0.25) is 0 Å². The monoisotopic (exact) mass is 256 g/mol. The molecule has 2 rings (SSSR count). The summed E-state index contributed by atoms with van der Waals surface area (Å²) in [5, 5.41) is 3.21. The predicted molar refractivity (Wildman–Crippen MR) is 76.7 cm³/mol. The third-order valence-corrected chi connectivity index (χ3v) is 2.79. The van der Waals surface area contributed by atoms with E-state index in [1.165, 1.54) is 7.11 Å². The van der Waals surface area contributed by atoms with Gasteiger partial charge >= 0.3 is 5.97 Å². The van der Waals surface area contributed by atoms with Crippen molar-refractivity contribution in [2.45, 2.75) is 6.92 Å². The van der Waals surface area contributed by atoms with Crippen molar-refractivity contribution in [3.8, 4) is 0 Å². The van der Waals surface area contributed by atoms with E-state index in [2.05, 4.69) is 10.1 Å². The van der Waals surface area contributed by atoms with Gasteiger partial charge in [-0.25, -0.2) is 4.79 Å². The van der Waals surface area contributed by atoms with Crippen molar-refractivity contribution in [3.05, 3.63) is 53.6 Å². The molecule has 98 valence electrons. The van der Waals surface area contributed by atoms with Crippen LogP contribution in [-0.2, 0) is 4.74 Å². The quantitative estimate of drug-likeness (QED) is 0.654. The number of aryl methyl sites for hydroxylation is 1. The molecular weight excluding hydrogens is 240 g/mol. The van der Waals surface area contributed by atoms with Crippen molar-refractivity contribution in [2.75, 3.05) is 18.2 Å². The van der Waals surface area contributed by atoms with Gasteiger partial charge in [0.25, 0.3) is 0 Å². The summed E-state index contributed by atoms with van der Waals surface area (Å²) in [6.45, 7) is 1.99. The molecule has 0 unspecified atom stereocenters. The minimum Gasteiger partial charge on any atom is -0.465 e. The van der Waals surface area contributed by atoms with E-state index in [1.54, 1.807) is 12.1 Å². The molecule has 0 radical (unpaired) electrons. The van der Waals surface area contributed by atoms with Gasteiger partial charge in [0.15, 0.2) is 0 Å². The Hall–Kier alpha value is -2.49. The Kier molecular flexibility index (Phi) is 3.71. The number of hydrogen-bond acceptors (Lipinski definition) is 4. The molecule has 0 aliphatic heterocycles. The first kappa shape index (κ1) is 13.0. The Labute approximate surface area is 112 Å². The lowest BCUT2D eigenvalue weighted by Crippen LogP contribution is -2.01. The SMILES string of the molecule is COC(=O)c1ccc(Nc2ccc(C)cc2N)cc1. The van der Waals surface area contributed by atoms with Gasteiger partial charge in [0.05, 0.1) is 24.0 Å². The Morgan fingerprint density at radius 3 is 2.42 bits per heavy atom. The number of nitrogens with one attached hydrogen (secondary N) is 1. The molecule has 0 saturated heterocycles. The number of rotatable bonds is 3. The highest BCUT2D eigenvalue weighted by Gasteiger charge is 2.05. The second kappa shape index (κ2) is 5.44. The molecule has 0 heterocycles. The van der Waals surface area contributed by atoms with Gasteiger partial charge in [-0.15, -0.1) is 0 Å². The number of benzene rings is 2. The zero-order chi connectivity index (χ0) is 13.8. The lowest BCUT2D eigenvalue weighted by molar-refractivity contribution is 0.0601. The summed E-state index contributed by atoms with van der Waals surface area (Å²) in [4.78, 5) is 11.3. The number of hydrogen-bond donors (Lipinski definition) is 2. The van der Waals surface area contributed by atoms with E-state index in [0.717, 1.165) is 16.9 Å². The van der Waals surface area contributed by atoms with E-state index in [-0.39, 0.29) is 5.97 Å². The number of ether oxygens (including phenoxy) is 1. The third-order valence-electron chi connectivity index (χ3n) is 2.79. The number of nitrogen functional groups attached to an aromatic ring is 1. The van der Waals surface area contributed by atoms with Gasteiger partial charge < -0.3 is 15.8 Å². The standard InChI is InChI=1S/C15H16N2O2/c1-10-3-8-14(13(16)9-10)17-12-6-4-11(5-7-12)15(18)19-2/h3-9,17H,16H2,1-2H3. The Bertz CT molecular complexity index is 592. The average Bonchev–Trinajstić information content (AvgIpc) is 2.42. The van der Waals surface area contributed by atoms with Crippen LogP contribution < -0.4 is 11.1 Å². The smallest absolute Gasteiger partial charge is 0.337 e. The molecule has 4 nitrogen and oxygen atoms in total. The highest BCUT2D eigenvalue weighted by atomic mass is 16.5. The largest absolute Gasteiger partial charge is 0.465 e. The zero-order valence-electron chi connectivity index (χ0n) is 10.9. The van der Waals surface area contributed by atoms with Crippen LogP contribution in [0.4, 0.5) is 17.1 Å². The van der Waals surface area contributed by atoms with E-state index in [1.807, 2.05) is 37.3 Å². The molecule has 0 atom stereocenters. The minimum atomic E-state index is -0.346. The molecule has 0 aliphatic carbocycles. The Morgan fingerprint density at radius 2 is 1.84 bits per heavy atom. The number of carbonyl (C=O) groups is 1. The zero-order valence-corrected chi connectivity index (χ0v) is 10.9. The van der Waals surface area contributed by atoms with Crippen LogP contribution >= 0.6 is 0 Å². The highest BCUT2D eigenvalue weighted by molar-refractivity contribution is 5.89. The second-order valence-corrected chi connectivity index (χ2v) is 4.28. The summed E-state index contributed by atoms with van der Waals surface area (Å²) in [5.74, 6) is -0.346. The maximum atomic E-state index is 11.3. The molecule has 0 aromatic heterocycles. The second-order valence-electron chi connectivity index (χ2n) is 4.28. The molecular formula is C15H16N2O2. The molecule has 2 aromatic rings. The van der Waals surface area contributed by atoms with Crippen LogP contribution in [0.25, 0.3) is 0 Å². The first-order valence-corrected chi connectivity index (χ1v) is 5.91. The van der Waals surface area contributed by atoms with Gasteiger partial charge in [-0.3, -0.25) is 0 Å².